The minimum Gasteiger partial charge on any atom is -0.317 e. The lowest BCUT2D eigenvalue weighted by Gasteiger charge is -2.31. The highest BCUT2D eigenvalue weighted by atomic mass is 16.1. The van der Waals surface area contributed by atoms with Crippen molar-refractivity contribution in [2.75, 3.05) is 11.4 Å². The van der Waals surface area contributed by atoms with Crippen LogP contribution in [0.1, 0.15) is 15.9 Å². The van der Waals surface area contributed by atoms with E-state index in [0.717, 1.165) is 33.5 Å². The van der Waals surface area contributed by atoms with Crippen LogP contribution in [0.5, 0.6) is 0 Å². The number of hydrogen-bond donors (Lipinski definition) is 0. The Hall–Kier alpha value is -3.72. The zero-order valence-electron chi connectivity index (χ0n) is 15.2. The van der Waals surface area contributed by atoms with Crippen LogP contribution in [0.15, 0.2) is 102 Å². The van der Waals surface area contributed by atoms with Crippen molar-refractivity contribution in [3.05, 3.63) is 108 Å². The van der Waals surface area contributed by atoms with Gasteiger partial charge in [-0.25, -0.2) is 4.99 Å². The van der Waals surface area contributed by atoms with Gasteiger partial charge >= 0.3 is 0 Å². The number of benzene rings is 4. The summed E-state index contributed by atoms with van der Waals surface area (Å²) in [7, 11) is 0. The maximum atomic E-state index is 13.0. The summed E-state index contributed by atoms with van der Waals surface area (Å²) in [5.41, 5.74) is 3.66. The van der Waals surface area contributed by atoms with Crippen molar-refractivity contribution in [3.63, 3.8) is 0 Å². The molecular formula is C25H18N2O. The molecule has 1 heterocycles. The summed E-state index contributed by atoms with van der Waals surface area (Å²) in [4.78, 5) is 20.0. The summed E-state index contributed by atoms with van der Waals surface area (Å²) in [6.07, 6.45) is 0. The summed E-state index contributed by atoms with van der Waals surface area (Å²) in [5.74, 6) is 0.872. The first-order valence-corrected chi connectivity index (χ1v) is 9.33. The number of anilines is 1. The second kappa shape index (κ2) is 6.78. The number of nitrogens with zero attached hydrogens (tertiary/aromatic N) is 2. The predicted molar refractivity (Wildman–Crippen MR) is 115 cm³/mol. The molecule has 4 aromatic carbocycles. The molecule has 1 aliphatic heterocycles. The molecule has 3 heteroatoms. The van der Waals surface area contributed by atoms with E-state index in [1.54, 1.807) is 0 Å². The Balaban J connectivity index is 1.67. The molecule has 4 aromatic rings. The minimum absolute atomic E-state index is 0.0700. The number of carbonyl (C=O) groups is 1. The summed E-state index contributed by atoms with van der Waals surface area (Å²) < 4.78 is 0. The molecule has 0 saturated carbocycles. The molecule has 5 rings (SSSR count). The van der Waals surface area contributed by atoms with Crippen molar-refractivity contribution in [1.29, 1.82) is 0 Å². The van der Waals surface area contributed by atoms with Crippen LogP contribution in [0, 0.1) is 0 Å². The third-order valence-corrected chi connectivity index (χ3v) is 5.06. The fraction of sp³-hybridized carbons (Fsp3) is 0.0400. The van der Waals surface area contributed by atoms with Crippen molar-refractivity contribution in [1.82, 2.24) is 0 Å². The molecule has 0 spiro atoms. The molecule has 1 aliphatic rings. The number of amidine groups is 1. The van der Waals surface area contributed by atoms with E-state index in [-0.39, 0.29) is 12.3 Å². The fourth-order valence-electron chi connectivity index (χ4n) is 3.73. The highest BCUT2D eigenvalue weighted by molar-refractivity contribution is 6.22. The van der Waals surface area contributed by atoms with Gasteiger partial charge in [0.1, 0.15) is 5.84 Å². The smallest absolute Gasteiger partial charge is 0.182 e. The van der Waals surface area contributed by atoms with Gasteiger partial charge in [-0.3, -0.25) is 4.79 Å². The quantitative estimate of drug-likeness (QED) is 0.441. The zero-order valence-corrected chi connectivity index (χ0v) is 15.2. The SMILES string of the molecule is O=C(CN1C(c2ccccc2)=Nc2cccc3cccc1c23)c1ccccc1. The monoisotopic (exact) mass is 362 g/mol. The first-order valence-electron chi connectivity index (χ1n) is 9.33. The van der Waals surface area contributed by atoms with Crippen molar-refractivity contribution < 1.29 is 4.79 Å². The number of carbonyl (C=O) groups excluding carboxylic acids is 1. The van der Waals surface area contributed by atoms with Crippen LogP contribution >= 0.6 is 0 Å². The van der Waals surface area contributed by atoms with E-state index in [1.165, 1.54) is 0 Å². The first kappa shape index (κ1) is 16.5. The van der Waals surface area contributed by atoms with Crippen LogP contribution in [-0.2, 0) is 0 Å². The summed E-state index contributed by atoms with van der Waals surface area (Å²) in [6, 6.07) is 31.8. The molecule has 0 radical (unpaired) electrons. The highest BCUT2D eigenvalue weighted by Crippen LogP contribution is 2.39. The lowest BCUT2D eigenvalue weighted by atomic mass is 10.0. The van der Waals surface area contributed by atoms with Crippen LogP contribution in [0.4, 0.5) is 11.4 Å². The zero-order chi connectivity index (χ0) is 18.9. The van der Waals surface area contributed by atoms with E-state index in [4.69, 9.17) is 4.99 Å². The van der Waals surface area contributed by atoms with Crippen LogP contribution in [0.25, 0.3) is 10.8 Å². The first-order chi connectivity index (χ1) is 13.8. The van der Waals surface area contributed by atoms with E-state index < -0.39 is 0 Å². The summed E-state index contributed by atoms with van der Waals surface area (Å²) in [5, 5.41) is 2.22. The number of ketones is 1. The van der Waals surface area contributed by atoms with Gasteiger partial charge in [0.25, 0.3) is 0 Å². The van der Waals surface area contributed by atoms with Crippen molar-refractivity contribution in [2.24, 2.45) is 4.99 Å². The molecule has 0 aliphatic carbocycles. The topological polar surface area (TPSA) is 32.7 Å². The summed E-state index contributed by atoms with van der Waals surface area (Å²) in [6.45, 7) is 0.241. The van der Waals surface area contributed by atoms with Crippen LogP contribution < -0.4 is 4.90 Å². The molecular weight excluding hydrogens is 344 g/mol. The lowest BCUT2D eigenvalue weighted by Crippen LogP contribution is -2.37. The van der Waals surface area contributed by atoms with Gasteiger partial charge in [-0.1, -0.05) is 84.9 Å². The van der Waals surface area contributed by atoms with Crippen LogP contribution in [0.2, 0.25) is 0 Å². The van der Waals surface area contributed by atoms with Crippen molar-refractivity contribution in [2.45, 2.75) is 0 Å². The van der Waals surface area contributed by atoms with E-state index in [0.29, 0.717) is 5.56 Å². The molecule has 134 valence electrons. The van der Waals surface area contributed by atoms with E-state index >= 15 is 0 Å². The van der Waals surface area contributed by atoms with E-state index in [9.17, 15) is 4.79 Å². The Morgan fingerprint density at radius 3 is 2.18 bits per heavy atom. The molecule has 0 atom stereocenters. The Kier molecular flexibility index (Phi) is 3.99. The number of hydrogen-bond acceptors (Lipinski definition) is 3. The van der Waals surface area contributed by atoms with Gasteiger partial charge in [-0.05, 0) is 17.5 Å². The summed E-state index contributed by atoms with van der Waals surface area (Å²) >= 11 is 0. The number of aliphatic imine (C=N–C) groups is 1. The second-order valence-electron chi connectivity index (χ2n) is 6.83. The molecule has 0 aromatic heterocycles. The molecule has 28 heavy (non-hydrogen) atoms. The standard InChI is InChI=1S/C25H18N2O/c28-23(18-9-3-1-4-10-18)17-27-22-16-8-14-19-13-7-15-21(24(19)22)26-25(27)20-11-5-2-6-12-20/h1-16H,17H2. The van der Waals surface area contributed by atoms with Crippen LogP contribution in [0.3, 0.4) is 0 Å². The van der Waals surface area contributed by atoms with Gasteiger partial charge in [-0.15, -0.1) is 0 Å². The van der Waals surface area contributed by atoms with Crippen molar-refractivity contribution in [3.8, 4) is 0 Å². The molecule has 0 saturated heterocycles. The van der Waals surface area contributed by atoms with Crippen LogP contribution in [-0.4, -0.2) is 18.2 Å². The van der Waals surface area contributed by atoms with Gasteiger partial charge in [0.05, 0.1) is 17.9 Å². The van der Waals surface area contributed by atoms with E-state index in [2.05, 4.69) is 18.2 Å². The fourth-order valence-corrected chi connectivity index (χ4v) is 3.73. The average molecular weight is 362 g/mol. The lowest BCUT2D eigenvalue weighted by molar-refractivity contribution is 0.100. The van der Waals surface area contributed by atoms with E-state index in [1.807, 2.05) is 83.8 Å². The number of rotatable bonds is 4. The van der Waals surface area contributed by atoms with Gasteiger partial charge < -0.3 is 4.90 Å². The largest absolute Gasteiger partial charge is 0.317 e. The molecule has 0 bridgehead atoms. The molecule has 0 amide bonds. The Labute approximate surface area is 163 Å². The van der Waals surface area contributed by atoms with Gasteiger partial charge in [0, 0.05) is 16.5 Å². The maximum absolute atomic E-state index is 13.0. The minimum atomic E-state index is 0.0700. The Morgan fingerprint density at radius 2 is 1.43 bits per heavy atom. The maximum Gasteiger partial charge on any atom is 0.182 e. The van der Waals surface area contributed by atoms with Crippen molar-refractivity contribution >= 4 is 33.8 Å². The third-order valence-electron chi connectivity index (χ3n) is 5.06. The Morgan fingerprint density at radius 1 is 0.750 bits per heavy atom. The Bertz CT molecular complexity index is 1190. The molecule has 0 fully saturated rings. The molecule has 3 nitrogen and oxygen atoms in total. The predicted octanol–water partition coefficient (Wildman–Crippen LogP) is 5.62. The van der Waals surface area contributed by atoms with Gasteiger partial charge in [0.15, 0.2) is 5.78 Å². The second-order valence-corrected chi connectivity index (χ2v) is 6.83. The molecule has 0 unspecified atom stereocenters. The third kappa shape index (κ3) is 2.78. The number of Topliss-reactive ketones (excluding diaryl/α,β-unsaturated/α-hetero) is 1. The van der Waals surface area contributed by atoms with Gasteiger partial charge in [-0.2, -0.15) is 0 Å². The van der Waals surface area contributed by atoms with Gasteiger partial charge in [0.2, 0.25) is 0 Å². The normalized spacial score (nSPS) is 12.7. The average Bonchev–Trinajstić information content (AvgIpc) is 2.77. The highest BCUT2D eigenvalue weighted by Gasteiger charge is 2.26. The molecule has 0 N–H and O–H groups in total.